The summed E-state index contributed by atoms with van der Waals surface area (Å²) < 4.78 is 57.6. The first-order chi connectivity index (χ1) is 12.6. The topological polar surface area (TPSA) is 80.8 Å². The van der Waals surface area contributed by atoms with Crippen LogP contribution in [-0.2, 0) is 19.9 Å². The van der Waals surface area contributed by atoms with Gasteiger partial charge in [-0.25, -0.2) is 16.8 Å². The zero-order valence-electron chi connectivity index (χ0n) is 15.1. The molecule has 9 heteroatoms. The molecular formula is C18H20ClNO5S2. The number of ether oxygens (including phenoxy) is 1. The predicted octanol–water partition coefficient (Wildman–Crippen LogP) is 2.81. The van der Waals surface area contributed by atoms with Gasteiger partial charge >= 0.3 is 0 Å². The number of hydrogen-bond acceptors (Lipinski definition) is 5. The van der Waals surface area contributed by atoms with Crippen LogP contribution in [0.15, 0.2) is 46.2 Å². The zero-order valence-corrected chi connectivity index (χ0v) is 17.5. The molecule has 0 aliphatic carbocycles. The molecule has 2 aromatic carbocycles. The van der Waals surface area contributed by atoms with Crippen LogP contribution < -0.4 is 4.74 Å². The summed E-state index contributed by atoms with van der Waals surface area (Å²) in [6.07, 6.45) is 0. The Kier molecular flexibility index (Phi) is 5.28. The van der Waals surface area contributed by atoms with Crippen LogP contribution in [0.4, 0.5) is 0 Å². The lowest BCUT2D eigenvalue weighted by Gasteiger charge is -2.37. The Morgan fingerprint density at radius 1 is 1.00 bits per heavy atom. The Morgan fingerprint density at radius 3 is 2.11 bits per heavy atom. The second kappa shape index (κ2) is 7.09. The van der Waals surface area contributed by atoms with E-state index in [1.807, 2.05) is 13.8 Å². The summed E-state index contributed by atoms with van der Waals surface area (Å²) in [7, 11) is -6.05. The number of sulfonamides is 1. The standard InChI is InChI=1S/C18H20ClNO5S2/c1-12-8-17(25-3)18(9-13(12)2)27(23,24)20-10-16(11-20)26(21,22)15-6-4-14(19)5-7-15/h4-9,16H,10-11H2,1-3H3. The summed E-state index contributed by atoms with van der Waals surface area (Å²) in [5.41, 5.74) is 1.73. The minimum absolute atomic E-state index is 0.0513. The quantitative estimate of drug-likeness (QED) is 0.730. The fraction of sp³-hybridized carbons (Fsp3) is 0.333. The summed E-state index contributed by atoms with van der Waals surface area (Å²) in [4.78, 5) is 0.188. The van der Waals surface area contributed by atoms with Gasteiger partial charge in [-0.1, -0.05) is 11.6 Å². The number of aryl methyl sites for hydroxylation is 2. The van der Waals surface area contributed by atoms with Crippen molar-refractivity contribution in [1.82, 2.24) is 4.31 Å². The summed E-state index contributed by atoms with van der Waals surface area (Å²) >= 11 is 5.80. The van der Waals surface area contributed by atoms with Crippen molar-refractivity contribution in [3.05, 3.63) is 52.5 Å². The van der Waals surface area contributed by atoms with Crippen LogP contribution >= 0.6 is 11.6 Å². The summed E-state index contributed by atoms with van der Waals surface area (Å²) in [6, 6.07) is 9.10. The molecule has 0 unspecified atom stereocenters. The lowest BCUT2D eigenvalue weighted by Crippen LogP contribution is -2.56. The Hall–Kier alpha value is -1.61. The van der Waals surface area contributed by atoms with Gasteiger partial charge < -0.3 is 4.74 Å². The molecule has 0 amide bonds. The fourth-order valence-electron chi connectivity index (χ4n) is 2.87. The molecule has 0 aromatic heterocycles. The molecule has 0 saturated carbocycles. The molecule has 146 valence electrons. The highest BCUT2D eigenvalue weighted by Gasteiger charge is 2.45. The Labute approximate surface area is 164 Å². The van der Waals surface area contributed by atoms with Crippen molar-refractivity contribution in [2.24, 2.45) is 0 Å². The van der Waals surface area contributed by atoms with Gasteiger partial charge in [0.25, 0.3) is 0 Å². The third kappa shape index (κ3) is 3.59. The highest BCUT2D eigenvalue weighted by molar-refractivity contribution is 7.92. The van der Waals surface area contributed by atoms with Crippen molar-refractivity contribution >= 4 is 31.5 Å². The summed E-state index contributed by atoms with van der Waals surface area (Å²) in [5, 5.41) is -0.348. The zero-order chi connectivity index (χ0) is 20.0. The number of methoxy groups -OCH3 is 1. The Bertz CT molecular complexity index is 1070. The lowest BCUT2D eigenvalue weighted by atomic mass is 10.1. The number of sulfone groups is 1. The molecule has 0 spiro atoms. The molecule has 3 rings (SSSR count). The van der Waals surface area contributed by atoms with E-state index in [9.17, 15) is 16.8 Å². The smallest absolute Gasteiger partial charge is 0.246 e. The van der Waals surface area contributed by atoms with Gasteiger partial charge in [-0.2, -0.15) is 4.31 Å². The van der Waals surface area contributed by atoms with E-state index >= 15 is 0 Å². The van der Waals surface area contributed by atoms with Crippen LogP contribution in [0.1, 0.15) is 11.1 Å². The molecule has 1 fully saturated rings. The molecule has 0 atom stereocenters. The van der Waals surface area contributed by atoms with Crippen molar-refractivity contribution in [2.45, 2.75) is 28.9 Å². The van der Waals surface area contributed by atoms with Crippen molar-refractivity contribution < 1.29 is 21.6 Å². The van der Waals surface area contributed by atoms with Crippen molar-refractivity contribution in [3.63, 3.8) is 0 Å². The SMILES string of the molecule is COc1cc(C)c(C)cc1S(=O)(=O)N1CC(S(=O)(=O)c2ccc(Cl)cc2)C1. The van der Waals surface area contributed by atoms with Crippen LogP contribution in [0.5, 0.6) is 5.75 Å². The number of nitrogens with zero attached hydrogens (tertiary/aromatic N) is 1. The largest absolute Gasteiger partial charge is 0.495 e. The van der Waals surface area contributed by atoms with Gasteiger partial charge in [0.1, 0.15) is 10.6 Å². The minimum atomic E-state index is -3.84. The summed E-state index contributed by atoms with van der Waals surface area (Å²) in [5.74, 6) is 0.252. The van der Waals surface area contributed by atoms with Crippen LogP contribution in [-0.4, -0.2) is 46.6 Å². The van der Waals surface area contributed by atoms with Gasteiger partial charge in [-0.3, -0.25) is 0 Å². The maximum absolute atomic E-state index is 12.9. The van der Waals surface area contributed by atoms with Gasteiger partial charge in [-0.15, -0.1) is 0 Å². The predicted molar refractivity (Wildman–Crippen MR) is 104 cm³/mol. The molecule has 0 N–H and O–H groups in total. The van der Waals surface area contributed by atoms with Crippen molar-refractivity contribution in [1.29, 1.82) is 0 Å². The molecule has 1 aliphatic rings. The third-order valence-electron chi connectivity index (χ3n) is 4.79. The van der Waals surface area contributed by atoms with Crippen molar-refractivity contribution in [2.75, 3.05) is 20.2 Å². The first-order valence-electron chi connectivity index (χ1n) is 8.22. The Balaban J connectivity index is 1.85. The van der Waals surface area contributed by atoms with Gasteiger partial charge in [0.15, 0.2) is 9.84 Å². The third-order valence-corrected chi connectivity index (χ3v) is 9.00. The number of halogens is 1. The van der Waals surface area contributed by atoms with Crippen LogP contribution in [0.3, 0.4) is 0 Å². The fourth-order valence-corrected chi connectivity index (χ4v) is 6.59. The van der Waals surface area contributed by atoms with Gasteiger partial charge in [0.2, 0.25) is 10.0 Å². The summed E-state index contributed by atoms with van der Waals surface area (Å²) in [6.45, 7) is 3.50. The van der Waals surface area contributed by atoms with E-state index in [1.54, 1.807) is 12.1 Å². The van der Waals surface area contributed by atoms with E-state index in [1.165, 1.54) is 31.4 Å². The van der Waals surface area contributed by atoms with E-state index in [-0.39, 0.29) is 28.6 Å². The second-order valence-corrected chi connectivity index (χ2v) is 11.1. The number of rotatable bonds is 5. The molecule has 2 aromatic rings. The molecule has 0 radical (unpaired) electrons. The minimum Gasteiger partial charge on any atom is -0.495 e. The molecule has 1 saturated heterocycles. The van der Waals surface area contributed by atoms with E-state index in [0.29, 0.717) is 5.02 Å². The lowest BCUT2D eigenvalue weighted by molar-refractivity contribution is 0.307. The maximum atomic E-state index is 12.9. The average Bonchev–Trinajstić information content (AvgIpc) is 2.55. The molecular weight excluding hydrogens is 410 g/mol. The number of hydrogen-bond donors (Lipinski definition) is 0. The van der Waals surface area contributed by atoms with E-state index < -0.39 is 25.1 Å². The van der Waals surface area contributed by atoms with Gasteiger partial charge in [0, 0.05) is 18.1 Å². The normalized spacial score (nSPS) is 16.1. The van der Waals surface area contributed by atoms with Crippen LogP contribution in [0, 0.1) is 13.8 Å². The molecule has 0 bridgehead atoms. The Morgan fingerprint density at radius 2 is 1.56 bits per heavy atom. The second-order valence-electron chi connectivity index (χ2n) is 6.53. The first kappa shape index (κ1) is 20.1. The molecule has 6 nitrogen and oxygen atoms in total. The van der Waals surface area contributed by atoms with E-state index in [0.717, 1.165) is 15.4 Å². The first-order valence-corrected chi connectivity index (χ1v) is 11.6. The van der Waals surface area contributed by atoms with Gasteiger partial charge in [0.05, 0.1) is 17.3 Å². The highest BCUT2D eigenvalue weighted by Crippen LogP contribution is 2.34. The molecule has 27 heavy (non-hydrogen) atoms. The maximum Gasteiger partial charge on any atom is 0.246 e. The number of benzene rings is 2. The van der Waals surface area contributed by atoms with Gasteiger partial charge in [-0.05, 0) is 61.4 Å². The van der Waals surface area contributed by atoms with Crippen LogP contribution in [0.2, 0.25) is 5.02 Å². The van der Waals surface area contributed by atoms with E-state index in [2.05, 4.69) is 0 Å². The highest BCUT2D eigenvalue weighted by atomic mass is 35.5. The monoisotopic (exact) mass is 429 g/mol. The average molecular weight is 430 g/mol. The molecule has 1 aliphatic heterocycles. The molecule has 1 heterocycles. The van der Waals surface area contributed by atoms with E-state index in [4.69, 9.17) is 16.3 Å². The van der Waals surface area contributed by atoms with Crippen LogP contribution in [0.25, 0.3) is 0 Å². The van der Waals surface area contributed by atoms with Crippen molar-refractivity contribution in [3.8, 4) is 5.75 Å².